The van der Waals surface area contributed by atoms with Crippen molar-refractivity contribution in [3.63, 3.8) is 0 Å². The summed E-state index contributed by atoms with van der Waals surface area (Å²) >= 11 is 0. The fraction of sp³-hybridized carbons (Fsp3) is 0.447. The van der Waals surface area contributed by atoms with E-state index in [0.717, 1.165) is 16.8 Å². The summed E-state index contributed by atoms with van der Waals surface area (Å²) in [5.74, 6) is -4.55. The van der Waals surface area contributed by atoms with Crippen LogP contribution in [0.4, 0.5) is 10.5 Å². The highest BCUT2D eigenvalue weighted by Crippen LogP contribution is 2.27. The zero-order chi connectivity index (χ0) is 46.1. The molecule has 64 heavy (non-hydrogen) atoms. The van der Waals surface area contributed by atoms with Gasteiger partial charge in [-0.1, -0.05) is 79.7 Å². The maximum absolute atomic E-state index is 15.0. The molecule has 0 radical (unpaired) electrons. The van der Waals surface area contributed by atoms with E-state index in [1.807, 2.05) is 73.6 Å². The van der Waals surface area contributed by atoms with Crippen LogP contribution in [-0.4, -0.2) is 133 Å². The fourth-order valence-corrected chi connectivity index (χ4v) is 8.39. The number of cyclic esters (lactones) is 1. The van der Waals surface area contributed by atoms with Gasteiger partial charge in [-0.25, -0.2) is 9.59 Å². The number of Topliss-reactive ketones (excluding diaryl/α,β-unsaturated/α-hetero) is 1. The van der Waals surface area contributed by atoms with Crippen molar-refractivity contribution in [3.05, 3.63) is 102 Å². The van der Waals surface area contributed by atoms with Gasteiger partial charge < -0.3 is 45.6 Å². The molecule has 17 heteroatoms. The highest BCUT2D eigenvalue weighted by Gasteiger charge is 2.45. The molecule has 3 saturated heterocycles. The van der Waals surface area contributed by atoms with Gasteiger partial charge in [-0.05, 0) is 55.0 Å². The third-order valence-corrected chi connectivity index (χ3v) is 12.1. The monoisotopic (exact) mass is 878 g/mol. The summed E-state index contributed by atoms with van der Waals surface area (Å²) in [5, 5.41) is 10.8. The largest absolute Gasteiger partial charge is 0.458 e. The van der Waals surface area contributed by atoms with E-state index in [2.05, 4.69) is 21.3 Å². The average molecular weight is 879 g/mol. The van der Waals surface area contributed by atoms with Crippen LogP contribution in [-0.2, 0) is 51.3 Å². The molecule has 0 aromatic heterocycles. The van der Waals surface area contributed by atoms with Crippen molar-refractivity contribution in [1.29, 1.82) is 0 Å². The molecule has 17 nitrogen and oxygen atoms in total. The van der Waals surface area contributed by atoms with Gasteiger partial charge in [0.2, 0.25) is 29.5 Å². The number of carbonyl (C=O) groups is 8. The maximum Gasteiger partial charge on any atom is 0.333 e. The Morgan fingerprint density at radius 3 is 2.09 bits per heavy atom. The van der Waals surface area contributed by atoms with Crippen molar-refractivity contribution in [2.24, 2.45) is 0 Å². The first-order chi connectivity index (χ1) is 30.7. The number of likely N-dealkylation sites (N-methyl/N-ethyl adjacent to an activating group) is 1. The lowest BCUT2D eigenvalue weighted by Gasteiger charge is -2.40. The lowest BCUT2D eigenvalue weighted by molar-refractivity contribution is -0.156. The van der Waals surface area contributed by atoms with E-state index in [1.54, 1.807) is 37.3 Å². The molecule has 0 aliphatic carbocycles. The van der Waals surface area contributed by atoms with Crippen molar-refractivity contribution >= 4 is 53.0 Å². The van der Waals surface area contributed by atoms with Crippen LogP contribution in [0.25, 0.3) is 0 Å². The van der Waals surface area contributed by atoms with Crippen LogP contribution in [0.5, 0.6) is 0 Å². The second kappa shape index (κ2) is 21.1. The minimum Gasteiger partial charge on any atom is -0.458 e. The average Bonchev–Trinajstić information content (AvgIpc) is 3.80. The molecule has 7 atom stereocenters. The highest BCUT2D eigenvalue weighted by atomic mass is 16.5. The second-order valence-electron chi connectivity index (χ2n) is 16.7. The number of ketones is 1. The van der Waals surface area contributed by atoms with Gasteiger partial charge in [0.15, 0.2) is 6.04 Å². The molecule has 3 aromatic rings. The first-order valence-electron chi connectivity index (χ1n) is 21.8. The van der Waals surface area contributed by atoms with Crippen molar-refractivity contribution in [3.8, 4) is 0 Å². The van der Waals surface area contributed by atoms with Crippen LogP contribution in [0, 0.1) is 0 Å². The minimum atomic E-state index is -1.55. The molecular weight excluding hydrogens is 821 g/mol. The van der Waals surface area contributed by atoms with Gasteiger partial charge in [-0.3, -0.25) is 28.8 Å². The molecule has 0 bridgehead atoms. The molecule has 3 aliphatic heterocycles. The Morgan fingerprint density at radius 2 is 1.44 bits per heavy atom. The van der Waals surface area contributed by atoms with Crippen LogP contribution in [0.15, 0.2) is 84.9 Å². The Kier molecular flexibility index (Phi) is 15.4. The number of amides is 7. The number of nitrogens with zero attached hydrogens (tertiary/aromatic N) is 4. The number of benzene rings is 3. The van der Waals surface area contributed by atoms with E-state index in [9.17, 15) is 38.4 Å². The molecule has 0 unspecified atom stereocenters. The van der Waals surface area contributed by atoms with Gasteiger partial charge in [-0.15, -0.1) is 0 Å². The number of ether oxygens (including phenoxy) is 1. The van der Waals surface area contributed by atoms with Crippen molar-refractivity contribution in [2.45, 2.75) is 101 Å². The van der Waals surface area contributed by atoms with E-state index < -0.39 is 83.9 Å². The Balaban J connectivity index is 1.40. The number of rotatable bonds is 8. The third-order valence-electron chi connectivity index (χ3n) is 12.1. The summed E-state index contributed by atoms with van der Waals surface area (Å²) in [6, 6.07) is 16.3. The van der Waals surface area contributed by atoms with E-state index >= 15 is 0 Å². The molecule has 4 N–H and O–H groups in total. The lowest BCUT2D eigenvalue weighted by atomic mass is 9.95. The number of esters is 1. The van der Waals surface area contributed by atoms with E-state index in [0.29, 0.717) is 18.4 Å². The zero-order valence-corrected chi connectivity index (χ0v) is 37.0. The zero-order valence-electron chi connectivity index (χ0n) is 37.0. The number of urea groups is 1. The number of hydrogen-bond donors (Lipinski definition) is 4. The van der Waals surface area contributed by atoms with Crippen LogP contribution in [0.3, 0.4) is 0 Å². The van der Waals surface area contributed by atoms with Crippen molar-refractivity contribution < 1.29 is 43.1 Å². The predicted molar refractivity (Wildman–Crippen MR) is 236 cm³/mol. The summed E-state index contributed by atoms with van der Waals surface area (Å²) in [4.78, 5) is 119. The number of hydrogen-bond acceptors (Lipinski definition) is 10. The maximum atomic E-state index is 15.0. The molecule has 340 valence electrons. The highest BCUT2D eigenvalue weighted by molar-refractivity contribution is 6.00. The Hall–Kier alpha value is -6.78. The van der Waals surface area contributed by atoms with Crippen LogP contribution in [0.2, 0.25) is 0 Å². The van der Waals surface area contributed by atoms with Crippen LogP contribution < -0.4 is 26.2 Å². The number of piperidine rings is 1. The molecular formula is C47H58N8O9. The van der Waals surface area contributed by atoms with Gasteiger partial charge in [0.1, 0.15) is 42.1 Å². The second-order valence-corrected chi connectivity index (χ2v) is 16.7. The summed E-state index contributed by atoms with van der Waals surface area (Å²) < 4.78 is 5.90. The Bertz CT molecular complexity index is 2190. The molecule has 6 rings (SSSR count). The molecule has 3 heterocycles. The SMILES string of the molecule is CC[C@H]1NC(=O)[C@@H](NC(=O)NCc2ccccc2)[C@@H](C)OC(=O)[C@H](c2ccccc2)NC(=O)[C@@H]2CC(=O)CCN2C(=O)[C@H](Cc2ccc(N(C)C)cc2)N(C)C(=O)[C@@H]2CCCN2C1=O. The summed E-state index contributed by atoms with van der Waals surface area (Å²) in [6.07, 6.45) is -0.823. The Morgan fingerprint density at radius 1 is 0.781 bits per heavy atom. The number of carbonyl (C=O) groups excluding carboxylic acids is 8. The first kappa shape index (κ1) is 46.7. The van der Waals surface area contributed by atoms with Crippen LogP contribution in [0.1, 0.15) is 68.7 Å². The van der Waals surface area contributed by atoms with E-state index in [4.69, 9.17) is 4.74 Å². The van der Waals surface area contributed by atoms with Gasteiger partial charge >= 0.3 is 12.0 Å². The lowest BCUT2D eigenvalue weighted by Crippen LogP contribution is -2.61. The molecule has 0 spiro atoms. The van der Waals surface area contributed by atoms with Gasteiger partial charge in [-0.2, -0.15) is 0 Å². The fourth-order valence-electron chi connectivity index (χ4n) is 8.39. The first-order valence-corrected chi connectivity index (χ1v) is 21.8. The van der Waals surface area contributed by atoms with Crippen LogP contribution >= 0.6 is 0 Å². The molecule has 7 amide bonds. The van der Waals surface area contributed by atoms with Gasteiger partial charge in [0.25, 0.3) is 0 Å². The van der Waals surface area contributed by atoms with Crippen molar-refractivity contribution in [2.75, 3.05) is 39.1 Å². The van der Waals surface area contributed by atoms with Gasteiger partial charge in [0.05, 0.1) is 0 Å². The standard InChI is InChI=1S/C47H58N8O9/c1-6-35-43(59)54-24-13-18-36(54)44(60)53(5)38(26-30-19-21-33(22-20-30)52(3)4)45(61)55-25-23-34(56)27-37(55)41(57)50-40(32-16-11-8-12-17-32)46(62)64-29(2)39(42(58)49-35)51-47(63)48-28-31-14-9-7-10-15-31/h7-12,14-17,19-22,29,35-40H,6,13,18,23-28H2,1-5H3,(H,49,58)(H,50,57)(H2,48,51,63)/t29-,35-,36+,37+,38+,39+,40+/m1/s1. The van der Waals surface area contributed by atoms with Crippen molar-refractivity contribution in [1.82, 2.24) is 36.0 Å². The number of nitrogens with one attached hydrogen (secondary N) is 4. The molecule has 3 aromatic carbocycles. The topological polar surface area (TPSA) is 207 Å². The predicted octanol–water partition coefficient (Wildman–Crippen LogP) is 2.24. The number of anilines is 1. The van der Waals surface area contributed by atoms with E-state index in [1.165, 1.54) is 28.7 Å². The normalized spacial score (nSPS) is 25.2. The summed E-state index contributed by atoms with van der Waals surface area (Å²) in [5.41, 5.74) is 2.72. The third kappa shape index (κ3) is 11.0. The summed E-state index contributed by atoms with van der Waals surface area (Å²) in [6.45, 7) is 3.28. The molecule has 3 fully saturated rings. The smallest absolute Gasteiger partial charge is 0.333 e. The summed E-state index contributed by atoms with van der Waals surface area (Å²) in [7, 11) is 5.29. The molecule has 3 aliphatic rings. The minimum absolute atomic E-state index is 0.0310. The van der Waals surface area contributed by atoms with E-state index in [-0.39, 0.29) is 51.1 Å². The quantitative estimate of drug-likeness (QED) is 0.243. The Labute approximate surface area is 373 Å². The number of fused-ring (bicyclic) bond motifs is 2. The molecule has 0 saturated carbocycles. The van der Waals surface area contributed by atoms with Gasteiger partial charge in [0, 0.05) is 65.7 Å².